The summed E-state index contributed by atoms with van der Waals surface area (Å²) < 4.78 is 0. The van der Waals surface area contributed by atoms with E-state index in [4.69, 9.17) is 0 Å². The van der Waals surface area contributed by atoms with Crippen LogP contribution < -0.4 is 0 Å². The zero-order valence-electron chi connectivity index (χ0n) is 12.7. The van der Waals surface area contributed by atoms with Crippen LogP contribution in [0.3, 0.4) is 0 Å². The SMILES string of the molecule is OC1=C(c2ccc(-c3cccs3)s2)CCC(c2ccccc2)C1. The van der Waals surface area contributed by atoms with Crippen LogP contribution in [-0.2, 0) is 0 Å². The lowest BCUT2D eigenvalue weighted by molar-refractivity contribution is 0.359. The second-order valence-electron chi connectivity index (χ2n) is 5.92. The summed E-state index contributed by atoms with van der Waals surface area (Å²) in [4.78, 5) is 3.82. The second kappa shape index (κ2) is 6.34. The molecule has 0 saturated heterocycles. The normalized spacial score (nSPS) is 18.3. The van der Waals surface area contributed by atoms with Crippen molar-refractivity contribution in [3.63, 3.8) is 0 Å². The van der Waals surface area contributed by atoms with Crippen molar-refractivity contribution < 1.29 is 5.11 Å². The van der Waals surface area contributed by atoms with Gasteiger partial charge in [0.25, 0.3) is 0 Å². The molecule has 1 unspecified atom stereocenters. The molecular formula is C20H18OS2. The molecule has 1 aromatic carbocycles. The van der Waals surface area contributed by atoms with Gasteiger partial charge in [-0.25, -0.2) is 0 Å². The first-order chi connectivity index (χ1) is 11.3. The van der Waals surface area contributed by atoms with Crippen molar-refractivity contribution in [2.45, 2.75) is 25.2 Å². The van der Waals surface area contributed by atoms with E-state index in [1.165, 1.54) is 20.2 Å². The summed E-state index contributed by atoms with van der Waals surface area (Å²) in [7, 11) is 0. The third-order valence-corrected chi connectivity index (χ3v) is 6.68. The molecule has 116 valence electrons. The van der Waals surface area contributed by atoms with E-state index in [1.807, 2.05) is 6.07 Å². The Morgan fingerprint density at radius 1 is 0.870 bits per heavy atom. The molecule has 0 aliphatic heterocycles. The van der Waals surface area contributed by atoms with Gasteiger partial charge in [0, 0.05) is 26.6 Å². The van der Waals surface area contributed by atoms with Gasteiger partial charge >= 0.3 is 0 Å². The molecule has 0 bridgehead atoms. The van der Waals surface area contributed by atoms with Crippen LogP contribution in [0.2, 0.25) is 0 Å². The van der Waals surface area contributed by atoms with Crippen LogP contribution in [0.4, 0.5) is 0 Å². The Labute approximate surface area is 144 Å². The van der Waals surface area contributed by atoms with E-state index in [0.29, 0.717) is 11.7 Å². The van der Waals surface area contributed by atoms with Crippen LogP contribution in [0.5, 0.6) is 0 Å². The molecule has 1 aliphatic carbocycles. The van der Waals surface area contributed by atoms with Crippen LogP contribution in [0.1, 0.15) is 35.6 Å². The molecule has 1 atom stereocenters. The molecule has 2 aromatic heterocycles. The summed E-state index contributed by atoms with van der Waals surface area (Å²) in [5.74, 6) is 1.02. The first kappa shape index (κ1) is 14.7. The molecule has 0 amide bonds. The fraction of sp³-hybridized carbons (Fsp3) is 0.200. The molecule has 0 saturated carbocycles. The molecule has 0 radical (unpaired) electrons. The van der Waals surface area contributed by atoms with Gasteiger partial charge < -0.3 is 5.11 Å². The van der Waals surface area contributed by atoms with E-state index in [2.05, 4.69) is 53.9 Å². The Kier molecular flexibility index (Phi) is 4.06. The molecule has 3 aromatic rings. The predicted octanol–water partition coefficient (Wildman–Crippen LogP) is 6.71. The monoisotopic (exact) mass is 338 g/mol. The third kappa shape index (κ3) is 2.99. The minimum absolute atomic E-state index is 0.441. The van der Waals surface area contributed by atoms with Crippen molar-refractivity contribution in [3.8, 4) is 9.75 Å². The van der Waals surface area contributed by atoms with E-state index in [-0.39, 0.29) is 0 Å². The molecule has 1 nitrogen and oxygen atoms in total. The minimum Gasteiger partial charge on any atom is -0.512 e. The lowest BCUT2D eigenvalue weighted by Crippen LogP contribution is -2.08. The molecule has 23 heavy (non-hydrogen) atoms. The molecule has 3 heteroatoms. The second-order valence-corrected chi connectivity index (χ2v) is 7.95. The van der Waals surface area contributed by atoms with Crippen molar-refractivity contribution in [2.75, 3.05) is 0 Å². The lowest BCUT2D eigenvalue weighted by atomic mass is 9.83. The summed E-state index contributed by atoms with van der Waals surface area (Å²) in [6, 6.07) is 19.1. The molecule has 1 aliphatic rings. The van der Waals surface area contributed by atoms with Crippen molar-refractivity contribution in [2.24, 2.45) is 0 Å². The highest BCUT2D eigenvalue weighted by molar-refractivity contribution is 7.21. The van der Waals surface area contributed by atoms with Crippen LogP contribution >= 0.6 is 22.7 Å². The number of aliphatic hydroxyl groups excluding tert-OH is 1. The van der Waals surface area contributed by atoms with E-state index in [0.717, 1.165) is 24.8 Å². The minimum atomic E-state index is 0.441. The Bertz CT molecular complexity index is 812. The first-order valence-electron chi connectivity index (χ1n) is 7.91. The van der Waals surface area contributed by atoms with Crippen molar-refractivity contribution >= 4 is 28.2 Å². The largest absolute Gasteiger partial charge is 0.512 e. The Balaban J connectivity index is 1.58. The summed E-state index contributed by atoms with van der Waals surface area (Å²) in [6.45, 7) is 0. The van der Waals surface area contributed by atoms with Crippen LogP contribution in [0, 0.1) is 0 Å². The van der Waals surface area contributed by atoms with E-state index in [1.54, 1.807) is 22.7 Å². The van der Waals surface area contributed by atoms with Crippen LogP contribution in [-0.4, -0.2) is 5.11 Å². The van der Waals surface area contributed by atoms with Gasteiger partial charge in [0.05, 0.1) is 5.76 Å². The first-order valence-corrected chi connectivity index (χ1v) is 9.61. The van der Waals surface area contributed by atoms with Crippen LogP contribution in [0.25, 0.3) is 15.3 Å². The Morgan fingerprint density at radius 2 is 1.70 bits per heavy atom. The van der Waals surface area contributed by atoms with Gasteiger partial charge in [-0.2, -0.15) is 0 Å². The van der Waals surface area contributed by atoms with E-state index >= 15 is 0 Å². The van der Waals surface area contributed by atoms with Gasteiger partial charge in [-0.05, 0) is 47.9 Å². The van der Waals surface area contributed by atoms with Crippen molar-refractivity contribution in [3.05, 3.63) is 76.2 Å². The predicted molar refractivity (Wildman–Crippen MR) is 100 cm³/mol. The quantitative estimate of drug-likeness (QED) is 0.562. The number of allylic oxidation sites excluding steroid dienone is 2. The molecular weight excluding hydrogens is 320 g/mol. The maximum absolute atomic E-state index is 10.6. The maximum Gasteiger partial charge on any atom is 0.0974 e. The number of thiophene rings is 2. The molecule has 1 N–H and O–H groups in total. The van der Waals surface area contributed by atoms with Gasteiger partial charge in [-0.15, -0.1) is 22.7 Å². The number of rotatable bonds is 3. The topological polar surface area (TPSA) is 20.2 Å². The average molecular weight is 338 g/mol. The highest BCUT2D eigenvalue weighted by Gasteiger charge is 2.23. The lowest BCUT2D eigenvalue weighted by Gasteiger charge is -2.24. The fourth-order valence-corrected chi connectivity index (χ4v) is 5.18. The standard InChI is InChI=1S/C20H18OS2/c21-17-13-15(14-5-2-1-3-6-14)8-9-16(17)18-10-11-20(23-18)19-7-4-12-22-19/h1-7,10-12,15,21H,8-9,13H2. The highest BCUT2D eigenvalue weighted by atomic mass is 32.1. The van der Waals surface area contributed by atoms with E-state index in [9.17, 15) is 5.11 Å². The van der Waals surface area contributed by atoms with Gasteiger partial charge in [0.1, 0.15) is 0 Å². The average Bonchev–Trinajstić information content (AvgIpc) is 3.27. The Hall–Kier alpha value is -1.84. The number of aliphatic hydroxyl groups is 1. The smallest absolute Gasteiger partial charge is 0.0974 e. The molecule has 0 spiro atoms. The fourth-order valence-electron chi connectivity index (χ4n) is 3.25. The number of hydrogen-bond donors (Lipinski definition) is 1. The van der Waals surface area contributed by atoms with Crippen molar-refractivity contribution in [1.29, 1.82) is 0 Å². The highest BCUT2D eigenvalue weighted by Crippen LogP contribution is 2.42. The summed E-state index contributed by atoms with van der Waals surface area (Å²) in [6.07, 6.45) is 2.82. The van der Waals surface area contributed by atoms with E-state index < -0.39 is 0 Å². The zero-order chi connectivity index (χ0) is 15.6. The molecule has 4 rings (SSSR count). The third-order valence-electron chi connectivity index (χ3n) is 4.47. The zero-order valence-corrected chi connectivity index (χ0v) is 14.4. The summed E-state index contributed by atoms with van der Waals surface area (Å²) in [5, 5.41) is 12.7. The number of benzene rings is 1. The summed E-state index contributed by atoms with van der Waals surface area (Å²) in [5.41, 5.74) is 2.48. The molecule has 2 heterocycles. The molecule has 0 fully saturated rings. The maximum atomic E-state index is 10.6. The number of hydrogen-bond acceptors (Lipinski definition) is 3. The van der Waals surface area contributed by atoms with Gasteiger partial charge in [-0.1, -0.05) is 36.4 Å². The van der Waals surface area contributed by atoms with Crippen LogP contribution in [0.15, 0.2) is 65.7 Å². The van der Waals surface area contributed by atoms with Gasteiger partial charge in [0.2, 0.25) is 0 Å². The summed E-state index contributed by atoms with van der Waals surface area (Å²) >= 11 is 3.56. The Morgan fingerprint density at radius 3 is 2.43 bits per heavy atom. The van der Waals surface area contributed by atoms with Crippen molar-refractivity contribution in [1.82, 2.24) is 0 Å². The van der Waals surface area contributed by atoms with Gasteiger partial charge in [-0.3, -0.25) is 0 Å². The van der Waals surface area contributed by atoms with Gasteiger partial charge in [0.15, 0.2) is 0 Å².